The number of hydrogen-bond donors (Lipinski definition) is 1. The van der Waals surface area contributed by atoms with Gasteiger partial charge in [0.15, 0.2) is 0 Å². The summed E-state index contributed by atoms with van der Waals surface area (Å²) in [4.78, 5) is 17.1. The summed E-state index contributed by atoms with van der Waals surface area (Å²) < 4.78 is 0. The molecule has 1 amide bonds. The van der Waals surface area contributed by atoms with E-state index in [1.807, 2.05) is 0 Å². The van der Waals surface area contributed by atoms with Crippen LogP contribution in [0.15, 0.2) is 24.3 Å². The highest BCUT2D eigenvalue weighted by molar-refractivity contribution is 5.77. The second-order valence-electron chi connectivity index (χ2n) is 7.47. The lowest BCUT2D eigenvalue weighted by Crippen LogP contribution is -2.32. The van der Waals surface area contributed by atoms with Crippen LogP contribution in [-0.2, 0) is 4.79 Å². The molecule has 2 aliphatic rings. The lowest BCUT2D eigenvalue weighted by Gasteiger charge is -2.28. The van der Waals surface area contributed by atoms with E-state index in [0.29, 0.717) is 12.3 Å². The minimum absolute atomic E-state index is 0.269. The molecule has 0 aromatic heterocycles. The van der Waals surface area contributed by atoms with Crippen LogP contribution in [-0.4, -0.2) is 44.5 Å². The summed E-state index contributed by atoms with van der Waals surface area (Å²) in [5.41, 5.74) is 2.50. The van der Waals surface area contributed by atoms with Gasteiger partial charge in [0.05, 0.1) is 6.04 Å². The summed E-state index contributed by atoms with van der Waals surface area (Å²) in [5.74, 6) is 1.08. The zero-order valence-corrected chi connectivity index (χ0v) is 15.1. The first-order chi connectivity index (χ1) is 11.6. The highest BCUT2D eigenvalue weighted by Crippen LogP contribution is 2.34. The van der Waals surface area contributed by atoms with E-state index in [0.717, 1.165) is 44.8 Å². The van der Waals surface area contributed by atoms with Gasteiger partial charge in [0.25, 0.3) is 0 Å². The molecule has 1 aromatic rings. The molecule has 2 saturated heterocycles. The number of nitrogens with one attached hydrogen (secondary N) is 1. The predicted molar refractivity (Wildman–Crippen MR) is 99.3 cm³/mol. The average Bonchev–Trinajstić information content (AvgIpc) is 3.10. The monoisotopic (exact) mass is 329 g/mol. The highest BCUT2D eigenvalue weighted by atomic mass is 16.2. The molecule has 0 bridgehead atoms. The van der Waals surface area contributed by atoms with Crippen LogP contribution in [0.1, 0.15) is 50.1 Å². The molecule has 0 spiro atoms. The van der Waals surface area contributed by atoms with Gasteiger partial charge < -0.3 is 15.1 Å². The standard InChI is InChI=1S/C20H31N3O/c1-22(2)18-6-3-5-17(15-18)19-7-4-14-23(19)20(24)9-8-16-10-12-21-13-11-16/h3,5-6,15-16,19,21H,4,7-14H2,1-2H3. The summed E-state index contributed by atoms with van der Waals surface area (Å²) in [6, 6.07) is 8.92. The minimum Gasteiger partial charge on any atom is -0.378 e. The third kappa shape index (κ3) is 4.10. The number of benzene rings is 1. The maximum atomic E-state index is 12.8. The van der Waals surface area contributed by atoms with Crippen LogP contribution in [0, 0.1) is 5.92 Å². The summed E-state index contributed by atoms with van der Waals surface area (Å²) in [5, 5.41) is 3.40. The minimum atomic E-state index is 0.269. The first kappa shape index (κ1) is 17.3. The van der Waals surface area contributed by atoms with Gasteiger partial charge in [0, 0.05) is 32.7 Å². The van der Waals surface area contributed by atoms with E-state index in [-0.39, 0.29) is 6.04 Å². The molecule has 1 N–H and O–H groups in total. The summed E-state index contributed by atoms with van der Waals surface area (Å²) in [6.45, 7) is 3.15. The van der Waals surface area contributed by atoms with Crippen molar-refractivity contribution >= 4 is 11.6 Å². The molecule has 24 heavy (non-hydrogen) atoms. The molecule has 3 rings (SSSR count). The average molecular weight is 329 g/mol. The summed E-state index contributed by atoms with van der Waals surface area (Å²) in [7, 11) is 4.13. The number of anilines is 1. The zero-order valence-electron chi connectivity index (χ0n) is 15.1. The van der Waals surface area contributed by atoms with E-state index in [1.165, 1.54) is 24.1 Å². The number of rotatable bonds is 5. The fourth-order valence-electron chi connectivity index (χ4n) is 4.06. The van der Waals surface area contributed by atoms with Crippen LogP contribution in [0.25, 0.3) is 0 Å². The Morgan fingerprint density at radius 1 is 1.25 bits per heavy atom. The number of amides is 1. The molecule has 4 nitrogen and oxygen atoms in total. The normalized spacial score (nSPS) is 21.9. The Labute approximate surface area is 146 Å². The Morgan fingerprint density at radius 2 is 2.04 bits per heavy atom. The topological polar surface area (TPSA) is 35.6 Å². The van der Waals surface area contributed by atoms with Gasteiger partial charge in [-0.3, -0.25) is 4.79 Å². The van der Waals surface area contributed by atoms with Crippen molar-refractivity contribution in [3.63, 3.8) is 0 Å². The van der Waals surface area contributed by atoms with E-state index in [2.05, 4.69) is 53.5 Å². The van der Waals surface area contributed by atoms with Crippen molar-refractivity contribution < 1.29 is 4.79 Å². The first-order valence-electron chi connectivity index (χ1n) is 9.42. The van der Waals surface area contributed by atoms with Crippen molar-refractivity contribution in [2.75, 3.05) is 38.6 Å². The molecule has 4 heteroatoms. The molecular weight excluding hydrogens is 298 g/mol. The van der Waals surface area contributed by atoms with Gasteiger partial charge in [-0.2, -0.15) is 0 Å². The molecule has 0 saturated carbocycles. The Kier molecular flexibility index (Phi) is 5.77. The summed E-state index contributed by atoms with van der Waals surface area (Å²) in [6.07, 6.45) is 6.44. The molecular formula is C20H31N3O. The van der Waals surface area contributed by atoms with E-state index < -0.39 is 0 Å². The third-order valence-electron chi connectivity index (χ3n) is 5.57. The van der Waals surface area contributed by atoms with Gasteiger partial charge in [-0.15, -0.1) is 0 Å². The molecule has 0 radical (unpaired) electrons. The highest BCUT2D eigenvalue weighted by Gasteiger charge is 2.30. The Bertz CT molecular complexity index is 552. The molecule has 2 aliphatic heterocycles. The van der Waals surface area contributed by atoms with Crippen LogP contribution in [0.4, 0.5) is 5.69 Å². The quantitative estimate of drug-likeness (QED) is 0.901. The smallest absolute Gasteiger partial charge is 0.223 e. The van der Waals surface area contributed by atoms with E-state index in [9.17, 15) is 4.79 Å². The van der Waals surface area contributed by atoms with Crippen LogP contribution >= 0.6 is 0 Å². The fourth-order valence-corrected chi connectivity index (χ4v) is 4.06. The van der Waals surface area contributed by atoms with Crippen molar-refractivity contribution in [3.8, 4) is 0 Å². The Balaban J connectivity index is 1.62. The maximum absolute atomic E-state index is 12.8. The largest absolute Gasteiger partial charge is 0.378 e. The van der Waals surface area contributed by atoms with Crippen molar-refractivity contribution in [1.29, 1.82) is 0 Å². The molecule has 0 aliphatic carbocycles. The Hall–Kier alpha value is -1.55. The SMILES string of the molecule is CN(C)c1cccc(C2CCCN2C(=O)CCC2CCNCC2)c1. The predicted octanol–water partition coefficient (Wildman–Crippen LogP) is 3.20. The molecule has 1 unspecified atom stereocenters. The molecule has 1 atom stereocenters. The van der Waals surface area contributed by atoms with E-state index in [1.54, 1.807) is 0 Å². The fraction of sp³-hybridized carbons (Fsp3) is 0.650. The van der Waals surface area contributed by atoms with Gasteiger partial charge in [0.2, 0.25) is 5.91 Å². The first-order valence-corrected chi connectivity index (χ1v) is 9.42. The number of hydrogen-bond acceptors (Lipinski definition) is 3. The van der Waals surface area contributed by atoms with E-state index in [4.69, 9.17) is 0 Å². The van der Waals surface area contributed by atoms with Crippen LogP contribution in [0.5, 0.6) is 0 Å². The molecule has 132 valence electrons. The van der Waals surface area contributed by atoms with Gasteiger partial charge >= 0.3 is 0 Å². The number of carbonyl (C=O) groups is 1. The Morgan fingerprint density at radius 3 is 2.79 bits per heavy atom. The molecule has 1 aromatic carbocycles. The number of carbonyl (C=O) groups excluding carboxylic acids is 1. The van der Waals surface area contributed by atoms with Gasteiger partial charge in [-0.05, 0) is 68.8 Å². The molecule has 2 heterocycles. The number of likely N-dealkylation sites (tertiary alicyclic amines) is 1. The number of nitrogens with zero attached hydrogens (tertiary/aromatic N) is 2. The van der Waals surface area contributed by atoms with Crippen LogP contribution < -0.4 is 10.2 Å². The van der Waals surface area contributed by atoms with Crippen LogP contribution in [0.3, 0.4) is 0 Å². The van der Waals surface area contributed by atoms with Crippen molar-refractivity contribution in [1.82, 2.24) is 10.2 Å². The number of piperidine rings is 1. The van der Waals surface area contributed by atoms with E-state index >= 15 is 0 Å². The van der Waals surface area contributed by atoms with Crippen molar-refractivity contribution in [2.24, 2.45) is 5.92 Å². The zero-order chi connectivity index (χ0) is 16.9. The van der Waals surface area contributed by atoms with Gasteiger partial charge in [-0.25, -0.2) is 0 Å². The third-order valence-corrected chi connectivity index (χ3v) is 5.57. The van der Waals surface area contributed by atoms with Crippen LogP contribution in [0.2, 0.25) is 0 Å². The molecule has 2 fully saturated rings. The lowest BCUT2D eigenvalue weighted by atomic mass is 9.93. The maximum Gasteiger partial charge on any atom is 0.223 e. The second-order valence-corrected chi connectivity index (χ2v) is 7.47. The van der Waals surface area contributed by atoms with Crippen molar-refractivity contribution in [2.45, 2.75) is 44.6 Å². The lowest BCUT2D eigenvalue weighted by molar-refractivity contribution is -0.132. The summed E-state index contributed by atoms with van der Waals surface area (Å²) >= 11 is 0. The van der Waals surface area contributed by atoms with Gasteiger partial charge in [-0.1, -0.05) is 12.1 Å². The van der Waals surface area contributed by atoms with Crippen molar-refractivity contribution in [3.05, 3.63) is 29.8 Å². The second kappa shape index (κ2) is 8.02. The van der Waals surface area contributed by atoms with Gasteiger partial charge in [0.1, 0.15) is 0 Å².